The molecule has 1 heterocycles. The van der Waals surface area contributed by atoms with Crippen molar-refractivity contribution >= 4 is 23.2 Å². The minimum Gasteiger partial charge on any atom is -0.323 e. The van der Waals surface area contributed by atoms with Gasteiger partial charge in [0.05, 0.1) is 16.8 Å². The third-order valence-corrected chi connectivity index (χ3v) is 3.97. The molecule has 0 radical (unpaired) electrons. The summed E-state index contributed by atoms with van der Waals surface area (Å²) in [6.07, 6.45) is 2.89. The Kier molecular flexibility index (Phi) is 4.90. The molecule has 6 nitrogen and oxygen atoms in total. The molecule has 0 spiro atoms. The number of para-hydroxylation sites is 1. The summed E-state index contributed by atoms with van der Waals surface area (Å²) in [6, 6.07) is 14.9. The van der Waals surface area contributed by atoms with E-state index in [0.717, 1.165) is 11.3 Å². The molecule has 2 N–H and O–H groups in total. The fourth-order valence-corrected chi connectivity index (χ4v) is 2.34. The van der Waals surface area contributed by atoms with Crippen LogP contribution in [0.1, 0.15) is 27.0 Å². The molecule has 0 atom stereocenters. The van der Waals surface area contributed by atoms with Gasteiger partial charge in [-0.25, -0.2) is 9.97 Å². The third kappa shape index (κ3) is 3.84. The quantitative estimate of drug-likeness (QED) is 0.748. The van der Waals surface area contributed by atoms with E-state index in [1.165, 1.54) is 18.0 Å². The number of nitrogens with zero attached hydrogens (tertiary/aromatic N) is 3. The highest BCUT2D eigenvalue weighted by molar-refractivity contribution is 6.04. The highest BCUT2D eigenvalue weighted by Gasteiger charge is 2.09. The zero-order valence-corrected chi connectivity index (χ0v) is 14.4. The number of hydrogen-bond acceptors (Lipinski definition) is 5. The number of carbonyl (C=O) groups is 1. The molecule has 0 unspecified atom stereocenters. The van der Waals surface area contributed by atoms with E-state index in [-0.39, 0.29) is 5.91 Å². The van der Waals surface area contributed by atoms with Gasteiger partial charge < -0.3 is 10.6 Å². The maximum absolute atomic E-state index is 12.3. The summed E-state index contributed by atoms with van der Waals surface area (Å²) in [5, 5.41) is 14.9. The van der Waals surface area contributed by atoms with E-state index < -0.39 is 0 Å². The Hall–Kier alpha value is -3.72. The summed E-state index contributed by atoms with van der Waals surface area (Å²) < 4.78 is 0. The van der Waals surface area contributed by atoms with Crippen molar-refractivity contribution < 1.29 is 4.79 Å². The Bertz CT molecular complexity index is 990. The van der Waals surface area contributed by atoms with Crippen molar-refractivity contribution in [3.05, 3.63) is 77.1 Å². The lowest BCUT2D eigenvalue weighted by molar-refractivity contribution is 0.102. The largest absolute Gasteiger partial charge is 0.323 e. The van der Waals surface area contributed by atoms with Crippen molar-refractivity contribution in [1.82, 2.24) is 9.97 Å². The molecular weight excluding hydrogens is 326 g/mol. The summed E-state index contributed by atoms with van der Waals surface area (Å²) >= 11 is 0. The van der Waals surface area contributed by atoms with E-state index >= 15 is 0 Å². The summed E-state index contributed by atoms with van der Waals surface area (Å²) in [4.78, 5) is 20.6. The summed E-state index contributed by atoms with van der Waals surface area (Å²) in [5.41, 5.74) is 4.45. The van der Waals surface area contributed by atoms with Crippen LogP contribution in [-0.2, 0) is 0 Å². The molecule has 128 valence electrons. The van der Waals surface area contributed by atoms with Crippen LogP contribution >= 0.6 is 0 Å². The van der Waals surface area contributed by atoms with E-state index in [0.29, 0.717) is 22.8 Å². The van der Waals surface area contributed by atoms with Gasteiger partial charge in [0.15, 0.2) is 0 Å². The SMILES string of the molecule is Cc1ccc(NC(=O)c2cnc(Nc3ccccc3C#N)nc2)cc1C. The first-order valence-corrected chi connectivity index (χ1v) is 8.03. The number of anilines is 3. The molecule has 0 fully saturated rings. The number of hydrogen-bond donors (Lipinski definition) is 2. The Labute approximate surface area is 151 Å². The average molecular weight is 343 g/mol. The first-order valence-electron chi connectivity index (χ1n) is 8.03. The lowest BCUT2D eigenvalue weighted by atomic mass is 10.1. The number of benzene rings is 2. The van der Waals surface area contributed by atoms with Crippen LogP contribution in [0.15, 0.2) is 54.9 Å². The van der Waals surface area contributed by atoms with Crippen molar-refractivity contribution in [2.45, 2.75) is 13.8 Å². The number of amides is 1. The number of rotatable bonds is 4. The van der Waals surface area contributed by atoms with Gasteiger partial charge in [0, 0.05) is 18.1 Å². The van der Waals surface area contributed by atoms with Gasteiger partial charge in [-0.3, -0.25) is 4.79 Å². The van der Waals surface area contributed by atoms with Crippen molar-refractivity contribution in [2.75, 3.05) is 10.6 Å². The highest BCUT2D eigenvalue weighted by atomic mass is 16.1. The maximum atomic E-state index is 12.3. The van der Waals surface area contributed by atoms with Crippen LogP contribution in [0.2, 0.25) is 0 Å². The fraction of sp³-hybridized carbons (Fsp3) is 0.100. The number of carbonyl (C=O) groups excluding carboxylic acids is 1. The van der Waals surface area contributed by atoms with Crippen molar-refractivity contribution in [1.29, 1.82) is 5.26 Å². The molecule has 0 saturated carbocycles. The van der Waals surface area contributed by atoms with Gasteiger partial charge in [0.25, 0.3) is 5.91 Å². The van der Waals surface area contributed by atoms with Gasteiger partial charge in [-0.15, -0.1) is 0 Å². The maximum Gasteiger partial charge on any atom is 0.258 e. The first-order chi connectivity index (χ1) is 12.6. The first kappa shape index (κ1) is 17.1. The molecule has 3 aromatic rings. The van der Waals surface area contributed by atoms with Gasteiger partial charge in [0.2, 0.25) is 5.95 Å². The molecule has 6 heteroatoms. The minimum absolute atomic E-state index is 0.280. The van der Waals surface area contributed by atoms with Gasteiger partial charge in [-0.2, -0.15) is 5.26 Å². The lowest BCUT2D eigenvalue weighted by Crippen LogP contribution is -2.13. The van der Waals surface area contributed by atoms with Gasteiger partial charge in [-0.05, 0) is 49.2 Å². The normalized spacial score (nSPS) is 10.0. The molecule has 0 aliphatic carbocycles. The number of nitrogens with one attached hydrogen (secondary N) is 2. The fourth-order valence-electron chi connectivity index (χ4n) is 2.34. The van der Waals surface area contributed by atoms with Crippen molar-refractivity contribution in [3.63, 3.8) is 0 Å². The average Bonchev–Trinajstić information content (AvgIpc) is 2.66. The Morgan fingerprint density at radius 2 is 1.77 bits per heavy atom. The molecular formula is C20H17N5O. The second kappa shape index (κ2) is 7.45. The molecule has 0 aliphatic heterocycles. The Balaban J connectivity index is 1.71. The van der Waals surface area contributed by atoms with Gasteiger partial charge in [0.1, 0.15) is 6.07 Å². The van der Waals surface area contributed by atoms with Crippen LogP contribution in [0.5, 0.6) is 0 Å². The third-order valence-electron chi connectivity index (χ3n) is 3.97. The van der Waals surface area contributed by atoms with E-state index in [1.807, 2.05) is 38.1 Å². The highest BCUT2D eigenvalue weighted by Crippen LogP contribution is 2.18. The molecule has 0 saturated heterocycles. The summed E-state index contributed by atoms with van der Waals surface area (Å²) in [7, 11) is 0. The number of aromatic nitrogens is 2. The molecule has 2 aromatic carbocycles. The second-order valence-electron chi connectivity index (χ2n) is 5.83. The predicted octanol–water partition coefficient (Wildman–Crippen LogP) is 3.96. The van der Waals surface area contributed by atoms with E-state index in [1.54, 1.807) is 18.2 Å². The van der Waals surface area contributed by atoms with Crippen LogP contribution in [0.4, 0.5) is 17.3 Å². The van der Waals surface area contributed by atoms with Gasteiger partial charge >= 0.3 is 0 Å². The van der Waals surface area contributed by atoms with E-state index in [9.17, 15) is 4.79 Å². The Morgan fingerprint density at radius 3 is 2.46 bits per heavy atom. The molecule has 0 bridgehead atoms. The van der Waals surface area contributed by atoms with Crippen molar-refractivity contribution in [3.8, 4) is 6.07 Å². The second-order valence-corrected chi connectivity index (χ2v) is 5.83. The smallest absolute Gasteiger partial charge is 0.258 e. The Morgan fingerprint density at radius 1 is 1.04 bits per heavy atom. The minimum atomic E-state index is -0.280. The van der Waals surface area contributed by atoms with E-state index in [2.05, 4.69) is 26.7 Å². The zero-order chi connectivity index (χ0) is 18.5. The number of aryl methyl sites for hydroxylation is 2. The summed E-state index contributed by atoms with van der Waals surface area (Å²) in [5.74, 6) is 0.0349. The van der Waals surface area contributed by atoms with Crippen LogP contribution in [0.3, 0.4) is 0 Å². The lowest BCUT2D eigenvalue weighted by Gasteiger charge is -2.09. The van der Waals surface area contributed by atoms with Crippen LogP contribution in [0, 0.1) is 25.2 Å². The summed E-state index contributed by atoms with van der Waals surface area (Å²) in [6.45, 7) is 4.01. The topological polar surface area (TPSA) is 90.7 Å². The van der Waals surface area contributed by atoms with Crippen molar-refractivity contribution in [2.24, 2.45) is 0 Å². The monoisotopic (exact) mass is 343 g/mol. The molecule has 3 rings (SSSR count). The zero-order valence-electron chi connectivity index (χ0n) is 14.4. The molecule has 26 heavy (non-hydrogen) atoms. The van der Waals surface area contributed by atoms with E-state index in [4.69, 9.17) is 5.26 Å². The van der Waals surface area contributed by atoms with Crippen LogP contribution < -0.4 is 10.6 Å². The number of nitriles is 1. The van der Waals surface area contributed by atoms with Crippen LogP contribution in [0.25, 0.3) is 0 Å². The van der Waals surface area contributed by atoms with Gasteiger partial charge in [-0.1, -0.05) is 18.2 Å². The standard InChI is InChI=1S/C20H17N5O/c1-13-7-8-17(9-14(13)2)24-19(26)16-11-22-20(23-12-16)25-18-6-4-3-5-15(18)10-21/h3-9,11-12H,1-2H3,(H,24,26)(H,22,23,25). The molecule has 1 aromatic heterocycles. The molecule has 1 amide bonds. The molecule has 0 aliphatic rings. The predicted molar refractivity (Wildman–Crippen MR) is 100 cm³/mol. The van der Waals surface area contributed by atoms with Crippen LogP contribution in [-0.4, -0.2) is 15.9 Å².